The molecule has 36 heavy (non-hydrogen) atoms. The number of hydrogen-bond acceptors (Lipinski definition) is 5. The van der Waals surface area contributed by atoms with Gasteiger partial charge < -0.3 is 18.8 Å². The van der Waals surface area contributed by atoms with Crippen LogP contribution in [0.1, 0.15) is 51.3 Å². The average molecular weight is 504 g/mol. The highest BCUT2D eigenvalue weighted by atomic mass is 35.5. The first-order valence-electron chi connectivity index (χ1n) is 11.8. The summed E-state index contributed by atoms with van der Waals surface area (Å²) in [7, 11) is 1.56. The maximum Gasteiger partial charge on any atom is 0.291 e. The van der Waals surface area contributed by atoms with Gasteiger partial charge in [0.25, 0.3) is 5.91 Å². The van der Waals surface area contributed by atoms with Crippen LogP contribution in [0.25, 0.3) is 11.0 Å². The van der Waals surface area contributed by atoms with E-state index in [0.717, 1.165) is 16.7 Å². The van der Waals surface area contributed by atoms with Gasteiger partial charge in [0.1, 0.15) is 5.58 Å². The second kappa shape index (κ2) is 9.36. The number of carbonyl (C=O) groups excluding carboxylic acids is 1. The Morgan fingerprint density at radius 2 is 1.75 bits per heavy atom. The Bertz CT molecular complexity index is 1560. The first-order valence-corrected chi connectivity index (χ1v) is 12.1. The van der Waals surface area contributed by atoms with E-state index in [4.69, 9.17) is 25.5 Å². The zero-order valence-corrected chi connectivity index (χ0v) is 21.3. The Balaban J connectivity index is 1.74. The molecule has 0 radical (unpaired) electrons. The fourth-order valence-electron chi connectivity index (χ4n) is 4.72. The number of benzene rings is 3. The monoisotopic (exact) mass is 503 g/mol. The molecule has 1 aliphatic rings. The molecule has 1 amide bonds. The maximum atomic E-state index is 13.9. The van der Waals surface area contributed by atoms with E-state index in [9.17, 15) is 9.59 Å². The molecule has 1 aliphatic heterocycles. The van der Waals surface area contributed by atoms with Crippen LogP contribution in [0, 0.1) is 13.8 Å². The minimum absolute atomic E-state index is 0.0562. The van der Waals surface area contributed by atoms with Crippen LogP contribution in [-0.2, 0) is 6.54 Å². The molecule has 3 aromatic carbocycles. The lowest BCUT2D eigenvalue weighted by atomic mass is 9.97. The Kier molecular flexibility index (Phi) is 6.22. The number of aryl methyl sites for hydroxylation is 2. The summed E-state index contributed by atoms with van der Waals surface area (Å²) in [4.78, 5) is 29.3. The average Bonchev–Trinajstić information content (AvgIpc) is 3.14. The molecule has 4 aromatic rings. The number of amides is 1. The third-order valence-corrected chi connectivity index (χ3v) is 7.05. The van der Waals surface area contributed by atoms with E-state index in [-0.39, 0.29) is 23.6 Å². The second-order valence-electron chi connectivity index (χ2n) is 8.88. The fraction of sp³-hybridized carbons (Fsp3) is 0.241. The molecule has 6 nitrogen and oxygen atoms in total. The molecule has 1 aromatic heterocycles. The van der Waals surface area contributed by atoms with Crippen molar-refractivity contribution in [3.8, 4) is 11.5 Å². The van der Waals surface area contributed by atoms with Crippen molar-refractivity contribution >= 4 is 28.5 Å². The summed E-state index contributed by atoms with van der Waals surface area (Å²) in [6.07, 6.45) is 0. The van der Waals surface area contributed by atoms with Gasteiger partial charge in [-0.05, 0) is 73.4 Å². The molecule has 0 spiro atoms. The minimum atomic E-state index is -0.685. The molecule has 184 valence electrons. The van der Waals surface area contributed by atoms with Crippen molar-refractivity contribution in [1.82, 2.24) is 4.90 Å². The van der Waals surface area contributed by atoms with Crippen LogP contribution in [0.5, 0.6) is 11.5 Å². The number of methoxy groups -OCH3 is 1. The van der Waals surface area contributed by atoms with E-state index in [1.807, 2.05) is 63.2 Å². The molecular formula is C29H26ClNO5. The van der Waals surface area contributed by atoms with E-state index in [2.05, 4.69) is 0 Å². The molecule has 0 fully saturated rings. The smallest absolute Gasteiger partial charge is 0.291 e. The Morgan fingerprint density at radius 1 is 1.00 bits per heavy atom. The van der Waals surface area contributed by atoms with E-state index in [0.29, 0.717) is 45.2 Å². The summed E-state index contributed by atoms with van der Waals surface area (Å²) in [5.74, 6) is 0.799. The Morgan fingerprint density at radius 3 is 2.47 bits per heavy atom. The zero-order chi connectivity index (χ0) is 25.6. The SMILES string of the molecule is CCOc1ccc(C2c3c(oc4cc(C)c(C)cc4c3=O)C(=O)N2Cc2ccccc2Cl)cc1OC. The van der Waals surface area contributed by atoms with Crippen molar-refractivity contribution in [2.75, 3.05) is 13.7 Å². The van der Waals surface area contributed by atoms with Crippen LogP contribution in [0.15, 0.2) is 63.8 Å². The van der Waals surface area contributed by atoms with Gasteiger partial charge in [-0.25, -0.2) is 0 Å². The second-order valence-corrected chi connectivity index (χ2v) is 9.28. The summed E-state index contributed by atoms with van der Waals surface area (Å²) in [6.45, 7) is 6.47. The Hall–Kier alpha value is -3.77. The summed E-state index contributed by atoms with van der Waals surface area (Å²) < 4.78 is 17.4. The highest BCUT2D eigenvalue weighted by Gasteiger charge is 2.43. The van der Waals surface area contributed by atoms with Crippen molar-refractivity contribution < 1.29 is 18.7 Å². The fourth-order valence-corrected chi connectivity index (χ4v) is 4.92. The van der Waals surface area contributed by atoms with Crippen molar-refractivity contribution in [2.24, 2.45) is 0 Å². The normalized spacial score (nSPS) is 14.9. The summed E-state index contributed by atoms with van der Waals surface area (Å²) in [6, 6.07) is 15.8. The largest absolute Gasteiger partial charge is 0.493 e. The topological polar surface area (TPSA) is 69.0 Å². The molecule has 1 unspecified atom stereocenters. The van der Waals surface area contributed by atoms with Gasteiger partial charge in [0.15, 0.2) is 16.9 Å². The van der Waals surface area contributed by atoms with Gasteiger partial charge in [0.2, 0.25) is 5.76 Å². The van der Waals surface area contributed by atoms with E-state index in [1.165, 1.54) is 0 Å². The predicted molar refractivity (Wildman–Crippen MR) is 139 cm³/mol. The van der Waals surface area contributed by atoms with Gasteiger partial charge in [-0.1, -0.05) is 35.9 Å². The Labute approximate surface area is 214 Å². The molecule has 5 rings (SSSR count). The highest BCUT2D eigenvalue weighted by Crippen LogP contribution is 2.42. The molecule has 0 N–H and O–H groups in total. The molecule has 0 aliphatic carbocycles. The molecule has 1 atom stereocenters. The molecule has 0 saturated heterocycles. The maximum absolute atomic E-state index is 13.9. The molecule has 0 saturated carbocycles. The molecule has 0 bridgehead atoms. The van der Waals surface area contributed by atoms with Gasteiger partial charge in [0, 0.05) is 11.6 Å². The number of ether oxygens (including phenoxy) is 2. The third kappa shape index (κ3) is 3.91. The number of nitrogens with zero attached hydrogens (tertiary/aromatic N) is 1. The first kappa shape index (κ1) is 23.9. The van der Waals surface area contributed by atoms with Crippen LogP contribution < -0.4 is 14.9 Å². The van der Waals surface area contributed by atoms with Gasteiger partial charge in [-0.2, -0.15) is 0 Å². The molecule has 7 heteroatoms. The lowest BCUT2D eigenvalue weighted by Crippen LogP contribution is -2.29. The van der Waals surface area contributed by atoms with Crippen molar-refractivity contribution in [1.29, 1.82) is 0 Å². The quantitative estimate of drug-likeness (QED) is 0.312. The number of rotatable bonds is 6. The van der Waals surface area contributed by atoms with Crippen molar-refractivity contribution in [3.05, 3.63) is 103 Å². The van der Waals surface area contributed by atoms with E-state index < -0.39 is 6.04 Å². The predicted octanol–water partition coefficient (Wildman–Crippen LogP) is 6.22. The third-order valence-electron chi connectivity index (χ3n) is 6.68. The highest BCUT2D eigenvalue weighted by molar-refractivity contribution is 6.31. The van der Waals surface area contributed by atoms with Gasteiger partial charge in [0.05, 0.1) is 30.7 Å². The minimum Gasteiger partial charge on any atom is -0.493 e. The first-order chi connectivity index (χ1) is 17.3. The van der Waals surface area contributed by atoms with Crippen molar-refractivity contribution in [2.45, 2.75) is 33.4 Å². The van der Waals surface area contributed by atoms with Crippen LogP contribution in [-0.4, -0.2) is 24.5 Å². The van der Waals surface area contributed by atoms with Gasteiger partial charge >= 0.3 is 0 Å². The lowest BCUT2D eigenvalue weighted by Gasteiger charge is -2.26. The lowest BCUT2D eigenvalue weighted by molar-refractivity contribution is 0.0714. The zero-order valence-electron chi connectivity index (χ0n) is 20.6. The van der Waals surface area contributed by atoms with E-state index in [1.54, 1.807) is 24.1 Å². The van der Waals surface area contributed by atoms with Gasteiger partial charge in [-0.3, -0.25) is 9.59 Å². The number of carbonyl (C=O) groups is 1. The van der Waals surface area contributed by atoms with Crippen molar-refractivity contribution in [3.63, 3.8) is 0 Å². The van der Waals surface area contributed by atoms with Crippen LogP contribution in [0.2, 0.25) is 5.02 Å². The summed E-state index contributed by atoms with van der Waals surface area (Å²) in [5.41, 5.74) is 3.94. The summed E-state index contributed by atoms with van der Waals surface area (Å²) in [5, 5.41) is 0.993. The number of fused-ring (bicyclic) bond motifs is 2. The number of hydrogen-bond donors (Lipinski definition) is 0. The van der Waals surface area contributed by atoms with Crippen LogP contribution >= 0.6 is 11.6 Å². The van der Waals surface area contributed by atoms with Gasteiger partial charge in [-0.15, -0.1) is 0 Å². The van der Waals surface area contributed by atoms with Crippen LogP contribution in [0.3, 0.4) is 0 Å². The molecular weight excluding hydrogens is 478 g/mol. The van der Waals surface area contributed by atoms with E-state index >= 15 is 0 Å². The standard InChI is InChI=1S/C29H26ClNO5/c1-5-35-22-11-10-18(14-24(22)34-4)26-25-27(32)20-12-16(2)17(3)13-23(20)36-28(25)29(33)31(26)15-19-8-6-7-9-21(19)30/h6-14,26H,5,15H2,1-4H3. The molecule has 2 heterocycles. The van der Waals surface area contributed by atoms with Crippen LogP contribution in [0.4, 0.5) is 0 Å². The summed E-state index contributed by atoms with van der Waals surface area (Å²) >= 11 is 6.45. The number of halogens is 1.